The van der Waals surface area contributed by atoms with E-state index in [1.54, 1.807) is 11.8 Å². The zero-order valence-electron chi connectivity index (χ0n) is 21.1. The van der Waals surface area contributed by atoms with Gasteiger partial charge in [0, 0.05) is 4.91 Å². The van der Waals surface area contributed by atoms with Crippen molar-refractivity contribution in [1.82, 2.24) is 0 Å². The predicted octanol–water partition coefficient (Wildman–Crippen LogP) is 10.6. The van der Waals surface area contributed by atoms with E-state index in [1.165, 1.54) is 60.1 Å². The molecule has 0 aromatic rings. The molecule has 0 aromatic carbocycles. The Morgan fingerprint density at radius 1 is 1.03 bits per heavy atom. The quantitative estimate of drug-likeness (QED) is 0.174. The molecule has 0 heterocycles. The summed E-state index contributed by atoms with van der Waals surface area (Å²) < 4.78 is 0. The van der Waals surface area contributed by atoms with Crippen LogP contribution in [0.15, 0.2) is 70.6 Å². The molecule has 1 atom stereocenters. The lowest BCUT2D eigenvalue weighted by atomic mass is 9.80. The van der Waals surface area contributed by atoms with Crippen molar-refractivity contribution in [2.45, 2.75) is 99.8 Å². The van der Waals surface area contributed by atoms with Gasteiger partial charge in [-0.15, -0.1) is 6.58 Å². The molecule has 0 fully saturated rings. The van der Waals surface area contributed by atoms with Gasteiger partial charge in [-0.2, -0.15) is 0 Å². The first kappa shape index (κ1) is 28.8. The molecule has 0 spiro atoms. The van der Waals surface area contributed by atoms with Crippen LogP contribution in [0.2, 0.25) is 0 Å². The number of hydrogen-bond acceptors (Lipinski definition) is 1. The van der Waals surface area contributed by atoms with Crippen LogP contribution in [-0.2, 0) is 0 Å². The van der Waals surface area contributed by atoms with E-state index < -0.39 is 0 Å². The average Bonchev–Trinajstić information content (AvgIpc) is 2.69. The first-order chi connectivity index (χ1) is 14.1. The molecule has 0 bridgehead atoms. The van der Waals surface area contributed by atoms with Crippen molar-refractivity contribution in [3.8, 4) is 0 Å². The molecule has 0 aliphatic carbocycles. The number of hydrogen-bond donors (Lipinski definition) is 0. The third kappa shape index (κ3) is 13.2. The van der Waals surface area contributed by atoms with Crippen molar-refractivity contribution in [2.24, 2.45) is 11.3 Å². The summed E-state index contributed by atoms with van der Waals surface area (Å²) >= 11 is 1.74. The molecule has 30 heavy (non-hydrogen) atoms. The summed E-state index contributed by atoms with van der Waals surface area (Å²) in [4.78, 5) is 2.36. The van der Waals surface area contributed by atoms with Gasteiger partial charge in [0.1, 0.15) is 0 Å². The fourth-order valence-electron chi connectivity index (χ4n) is 3.36. The number of allylic oxidation sites excluding steroid dienone is 8. The summed E-state index contributed by atoms with van der Waals surface area (Å²) in [5.74, 6) is 0.801. The molecule has 0 aliphatic heterocycles. The Hall–Kier alpha value is -1.21. The fraction of sp³-hybridized carbons (Fsp3) is 0.586. The normalized spacial score (nSPS) is 14.6. The van der Waals surface area contributed by atoms with Gasteiger partial charge in [0.05, 0.1) is 0 Å². The van der Waals surface area contributed by atoms with Crippen LogP contribution in [0.5, 0.6) is 0 Å². The summed E-state index contributed by atoms with van der Waals surface area (Å²) in [7, 11) is 0. The van der Waals surface area contributed by atoms with Gasteiger partial charge < -0.3 is 0 Å². The van der Waals surface area contributed by atoms with Gasteiger partial charge in [-0.25, -0.2) is 0 Å². The molecule has 0 aromatic heterocycles. The maximum absolute atomic E-state index is 4.40. The van der Waals surface area contributed by atoms with Crippen molar-refractivity contribution >= 4 is 11.8 Å². The molecule has 1 heteroatoms. The second-order valence-electron chi connectivity index (χ2n) is 9.42. The molecule has 0 radical (unpaired) electrons. The Morgan fingerprint density at radius 2 is 1.70 bits per heavy atom. The molecule has 1 unspecified atom stereocenters. The highest BCUT2D eigenvalue weighted by atomic mass is 32.2. The molecule has 0 amide bonds. The average molecular weight is 429 g/mol. The molecular weight excluding hydrogens is 380 g/mol. The number of thioether (sulfide) groups is 1. The standard InChI is InChI=1S/C29H48S/c1-11-15-23(5)21-28(26(8)30-25(7)13-3)22-24(6)17-18-27(16-12-2)19-20-29(9,10)14-4/h11,13,21-22,27H,1,6,8,12,14-20H2,2-5,7,9-10H3/b23-21+,25-13-,28-22+. The van der Waals surface area contributed by atoms with E-state index in [0.29, 0.717) is 5.41 Å². The minimum atomic E-state index is 0.461. The molecule has 170 valence electrons. The molecule has 0 N–H and O–H groups in total. The van der Waals surface area contributed by atoms with Gasteiger partial charge in [0.25, 0.3) is 0 Å². The zero-order chi connectivity index (χ0) is 23.2. The van der Waals surface area contributed by atoms with Crippen LogP contribution in [0.3, 0.4) is 0 Å². The lowest BCUT2D eigenvalue weighted by Crippen LogP contribution is -2.12. The van der Waals surface area contributed by atoms with Crippen molar-refractivity contribution in [1.29, 1.82) is 0 Å². The molecule has 0 aliphatic rings. The van der Waals surface area contributed by atoms with Crippen LogP contribution in [0, 0.1) is 11.3 Å². The van der Waals surface area contributed by atoms with Crippen LogP contribution in [0.25, 0.3) is 0 Å². The van der Waals surface area contributed by atoms with E-state index in [2.05, 4.69) is 86.4 Å². The first-order valence-electron chi connectivity index (χ1n) is 11.8. The highest BCUT2D eigenvalue weighted by Gasteiger charge is 2.18. The van der Waals surface area contributed by atoms with Gasteiger partial charge in [-0.05, 0) is 74.7 Å². The second-order valence-corrected chi connectivity index (χ2v) is 10.8. The topological polar surface area (TPSA) is 0 Å². The summed E-state index contributed by atoms with van der Waals surface area (Å²) in [5, 5.41) is 0. The third-order valence-electron chi connectivity index (χ3n) is 6.00. The Bertz CT molecular complexity index is 639. The van der Waals surface area contributed by atoms with E-state index in [9.17, 15) is 0 Å². The van der Waals surface area contributed by atoms with Gasteiger partial charge in [0.15, 0.2) is 0 Å². The highest BCUT2D eigenvalue weighted by molar-refractivity contribution is 8.06. The lowest BCUT2D eigenvalue weighted by molar-refractivity contribution is 0.270. The summed E-state index contributed by atoms with van der Waals surface area (Å²) in [6.45, 7) is 28.4. The summed E-state index contributed by atoms with van der Waals surface area (Å²) in [6.07, 6.45) is 18.3. The van der Waals surface area contributed by atoms with E-state index in [-0.39, 0.29) is 0 Å². The Kier molecular flexibility index (Phi) is 14.9. The van der Waals surface area contributed by atoms with E-state index in [4.69, 9.17) is 0 Å². The molecular formula is C29H48S. The molecule has 0 saturated carbocycles. The van der Waals surface area contributed by atoms with Crippen molar-refractivity contribution in [3.63, 3.8) is 0 Å². The smallest absolute Gasteiger partial charge is 0.0119 e. The second kappa shape index (κ2) is 15.6. The maximum atomic E-state index is 4.40. The maximum Gasteiger partial charge on any atom is 0.0119 e. The van der Waals surface area contributed by atoms with Gasteiger partial charge in [-0.1, -0.05) is 107 Å². The van der Waals surface area contributed by atoms with Crippen LogP contribution < -0.4 is 0 Å². The van der Waals surface area contributed by atoms with Crippen LogP contribution in [0.4, 0.5) is 0 Å². The van der Waals surface area contributed by atoms with Gasteiger partial charge in [-0.3, -0.25) is 0 Å². The van der Waals surface area contributed by atoms with Crippen molar-refractivity contribution in [2.75, 3.05) is 0 Å². The fourth-order valence-corrected chi connectivity index (χ4v) is 4.10. The van der Waals surface area contributed by atoms with E-state index in [1.807, 2.05) is 6.08 Å². The SMILES string of the molecule is C=CC/C(C)=C/C(=C\C(=C)CCC(CCC)CCC(C)(C)CC)C(=C)S/C(C)=C\C. The van der Waals surface area contributed by atoms with E-state index in [0.717, 1.165) is 23.7 Å². The number of rotatable bonds is 16. The highest BCUT2D eigenvalue weighted by Crippen LogP contribution is 2.33. The summed E-state index contributed by atoms with van der Waals surface area (Å²) in [6, 6.07) is 0. The lowest BCUT2D eigenvalue weighted by Gasteiger charge is -2.26. The minimum absolute atomic E-state index is 0.461. The largest absolute Gasteiger partial charge is 0.103 e. The Morgan fingerprint density at radius 3 is 2.23 bits per heavy atom. The molecule has 0 saturated heterocycles. The van der Waals surface area contributed by atoms with Gasteiger partial charge in [0.2, 0.25) is 0 Å². The zero-order valence-corrected chi connectivity index (χ0v) is 21.9. The Balaban J connectivity index is 5.24. The monoisotopic (exact) mass is 428 g/mol. The third-order valence-corrected chi connectivity index (χ3v) is 7.04. The first-order valence-corrected chi connectivity index (χ1v) is 12.6. The predicted molar refractivity (Wildman–Crippen MR) is 143 cm³/mol. The van der Waals surface area contributed by atoms with Crippen LogP contribution in [0.1, 0.15) is 99.8 Å². The van der Waals surface area contributed by atoms with Gasteiger partial charge >= 0.3 is 0 Å². The Labute approximate surface area is 193 Å². The molecule has 0 nitrogen and oxygen atoms in total. The van der Waals surface area contributed by atoms with Crippen molar-refractivity contribution < 1.29 is 0 Å². The van der Waals surface area contributed by atoms with E-state index >= 15 is 0 Å². The van der Waals surface area contributed by atoms with Crippen molar-refractivity contribution in [3.05, 3.63) is 70.6 Å². The molecule has 0 rings (SSSR count). The minimum Gasteiger partial charge on any atom is -0.103 e. The van der Waals surface area contributed by atoms with Crippen LogP contribution >= 0.6 is 11.8 Å². The van der Waals surface area contributed by atoms with Crippen LogP contribution in [-0.4, -0.2) is 0 Å². The summed E-state index contributed by atoms with van der Waals surface area (Å²) in [5.41, 5.74) is 4.16.